The molecule has 6 heteroatoms. The third-order valence-electron chi connectivity index (χ3n) is 4.60. The number of carbonyl (C=O) groups is 1. The average molecular weight is 357 g/mol. The lowest BCUT2D eigenvalue weighted by Gasteiger charge is -2.13. The van der Waals surface area contributed by atoms with Crippen molar-refractivity contribution in [3.8, 4) is 11.3 Å². The van der Waals surface area contributed by atoms with E-state index in [2.05, 4.69) is 4.98 Å². The van der Waals surface area contributed by atoms with Gasteiger partial charge in [0.25, 0.3) is 0 Å². The summed E-state index contributed by atoms with van der Waals surface area (Å²) in [5, 5.41) is 1.20. The first-order valence-electron chi connectivity index (χ1n) is 8.15. The fraction of sp³-hybridized carbons (Fsp3) is 0.200. The lowest BCUT2D eigenvalue weighted by atomic mass is 9.96. The number of ether oxygens (including phenoxy) is 1. The Morgan fingerprint density at radius 2 is 1.77 bits per heavy atom. The molecule has 4 rings (SSSR count). The van der Waals surface area contributed by atoms with Crippen LogP contribution in [0.25, 0.3) is 22.0 Å². The Morgan fingerprint density at radius 3 is 2.38 bits per heavy atom. The molecular formula is C20H14F3NO2. The second-order valence-electron chi connectivity index (χ2n) is 6.33. The van der Waals surface area contributed by atoms with Crippen molar-refractivity contribution in [1.82, 2.24) is 4.98 Å². The summed E-state index contributed by atoms with van der Waals surface area (Å²) in [6, 6.07) is 6.09. The molecular weight excluding hydrogens is 343 g/mol. The molecule has 1 saturated carbocycles. The van der Waals surface area contributed by atoms with Crippen LogP contribution in [-0.2, 0) is 4.74 Å². The number of nitrogens with zero attached hydrogens (tertiary/aromatic N) is 1. The fourth-order valence-electron chi connectivity index (χ4n) is 3.20. The highest BCUT2D eigenvalue weighted by atomic mass is 19.1. The van der Waals surface area contributed by atoms with Crippen molar-refractivity contribution in [3.05, 3.63) is 65.1 Å². The maximum Gasteiger partial charge on any atom is 0.337 e. The van der Waals surface area contributed by atoms with Gasteiger partial charge in [-0.05, 0) is 41.8 Å². The second kappa shape index (κ2) is 6.12. The van der Waals surface area contributed by atoms with Crippen molar-refractivity contribution in [2.45, 2.75) is 18.8 Å². The van der Waals surface area contributed by atoms with Gasteiger partial charge in [0.15, 0.2) is 0 Å². The van der Waals surface area contributed by atoms with Crippen molar-refractivity contribution >= 4 is 16.7 Å². The van der Waals surface area contributed by atoms with Gasteiger partial charge in [0.1, 0.15) is 17.5 Å². The van der Waals surface area contributed by atoms with Gasteiger partial charge in [-0.1, -0.05) is 6.07 Å². The number of fused-ring (bicyclic) bond motifs is 1. The predicted molar refractivity (Wildman–Crippen MR) is 90.4 cm³/mol. The maximum atomic E-state index is 14.3. The van der Waals surface area contributed by atoms with E-state index in [-0.39, 0.29) is 11.3 Å². The van der Waals surface area contributed by atoms with E-state index < -0.39 is 29.0 Å². The Hall–Kier alpha value is -2.89. The first kappa shape index (κ1) is 16.6. The highest BCUT2D eigenvalue weighted by Gasteiger charge is 2.28. The molecule has 0 spiro atoms. The molecule has 0 amide bonds. The van der Waals surface area contributed by atoms with E-state index in [9.17, 15) is 18.0 Å². The number of benzene rings is 2. The molecule has 3 nitrogen and oxygen atoms in total. The molecule has 0 unspecified atom stereocenters. The van der Waals surface area contributed by atoms with Gasteiger partial charge >= 0.3 is 5.97 Å². The Bertz CT molecular complexity index is 1020. The highest BCUT2D eigenvalue weighted by molar-refractivity contribution is 6.02. The Labute approximate surface area is 147 Å². The molecule has 1 aliphatic rings. The van der Waals surface area contributed by atoms with Crippen molar-refractivity contribution in [3.63, 3.8) is 0 Å². The number of methoxy groups -OCH3 is 1. The van der Waals surface area contributed by atoms with Crippen LogP contribution in [0.2, 0.25) is 0 Å². The number of rotatable bonds is 3. The molecule has 0 radical (unpaired) electrons. The van der Waals surface area contributed by atoms with Crippen molar-refractivity contribution in [2.24, 2.45) is 0 Å². The van der Waals surface area contributed by atoms with E-state index in [0.29, 0.717) is 23.4 Å². The van der Waals surface area contributed by atoms with Crippen LogP contribution in [-0.4, -0.2) is 18.1 Å². The minimum Gasteiger partial charge on any atom is -0.465 e. The molecule has 3 aromatic rings. The molecule has 132 valence electrons. The predicted octanol–water partition coefficient (Wildman–Crippen LogP) is 4.98. The Balaban J connectivity index is 2.03. The minimum absolute atomic E-state index is 0.0325. The van der Waals surface area contributed by atoms with Crippen molar-refractivity contribution in [2.75, 3.05) is 7.11 Å². The first-order chi connectivity index (χ1) is 12.5. The molecule has 0 N–H and O–H groups in total. The highest BCUT2D eigenvalue weighted by Crippen LogP contribution is 2.44. The molecule has 0 bridgehead atoms. The zero-order chi connectivity index (χ0) is 18.4. The molecule has 1 fully saturated rings. The topological polar surface area (TPSA) is 39.2 Å². The third-order valence-corrected chi connectivity index (χ3v) is 4.60. The molecule has 1 aliphatic carbocycles. The number of hydrogen-bond acceptors (Lipinski definition) is 3. The number of esters is 1. The van der Waals surface area contributed by atoms with Crippen molar-refractivity contribution in [1.29, 1.82) is 0 Å². The summed E-state index contributed by atoms with van der Waals surface area (Å²) in [5.74, 6) is -3.29. The van der Waals surface area contributed by atoms with E-state index in [4.69, 9.17) is 4.74 Å². The lowest BCUT2D eigenvalue weighted by molar-refractivity contribution is 0.0601. The summed E-state index contributed by atoms with van der Waals surface area (Å²) in [6.07, 6.45) is 3.65. The SMILES string of the molecule is COC(=O)c1ccc2c(C3CC3)cnc(-c3c(F)cc(F)cc3F)c2c1. The van der Waals surface area contributed by atoms with Gasteiger partial charge in [-0.25, -0.2) is 18.0 Å². The third kappa shape index (κ3) is 2.71. The van der Waals surface area contributed by atoms with Crippen LogP contribution in [0.1, 0.15) is 34.7 Å². The standard InChI is InChI=1S/C20H14F3NO2/c1-26-20(25)11-4-5-13-14(6-11)19(24-9-15(13)10-2-3-10)18-16(22)7-12(21)8-17(18)23/h4-10H,2-3H2,1H3. The van der Waals surface area contributed by atoms with Crippen LogP contribution in [0.15, 0.2) is 36.5 Å². The number of pyridine rings is 1. The van der Waals surface area contributed by atoms with E-state index in [1.807, 2.05) is 0 Å². The van der Waals surface area contributed by atoms with E-state index in [1.165, 1.54) is 13.2 Å². The molecule has 1 heterocycles. The second-order valence-corrected chi connectivity index (χ2v) is 6.33. The van der Waals surface area contributed by atoms with Gasteiger partial charge in [-0.3, -0.25) is 4.98 Å². The summed E-state index contributed by atoms with van der Waals surface area (Å²) in [7, 11) is 1.26. The minimum atomic E-state index is -1.04. The average Bonchev–Trinajstić information content (AvgIpc) is 3.44. The molecule has 0 saturated heterocycles. The summed E-state index contributed by atoms with van der Waals surface area (Å²) in [5.41, 5.74) is 0.841. The van der Waals surface area contributed by atoms with Gasteiger partial charge in [0, 0.05) is 23.7 Å². The summed E-state index contributed by atoms with van der Waals surface area (Å²) >= 11 is 0. The van der Waals surface area contributed by atoms with Gasteiger partial charge in [0.05, 0.1) is 23.9 Å². The van der Waals surface area contributed by atoms with E-state index in [1.54, 1.807) is 18.3 Å². The van der Waals surface area contributed by atoms with Crippen LogP contribution in [0.3, 0.4) is 0 Å². The van der Waals surface area contributed by atoms with Crippen LogP contribution in [0.5, 0.6) is 0 Å². The summed E-state index contributed by atoms with van der Waals surface area (Å²) in [4.78, 5) is 16.1. The fourth-order valence-corrected chi connectivity index (χ4v) is 3.20. The van der Waals surface area contributed by atoms with Crippen molar-refractivity contribution < 1.29 is 22.7 Å². The summed E-state index contributed by atoms with van der Waals surface area (Å²) < 4.78 is 46.6. The molecule has 0 atom stereocenters. The van der Waals surface area contributed by atoms with E-state index in [0.717, 1.165) is 23.8 Å². The van der Waals surface area contributed by atoms with Gasteiger partial charge < -0.3 is 4.74 Å². The van der Waals surface area contributed by atoms with E-state index >= 15 is 0 Å². The Kier molecular flexibility index (Phi) is 3.90. The van der Waals surface area contributed by atoms with Crippen LogP contribution < -0.4 is 0 Å². The zero-order valence-corrected chi connectivity index (χ0v) is 13.9. The first-order valence-corrected chi connectivity index (χ1v) is 8.15. The maximum absolute atomic E-state index is 14.3. The van der Waals surface area contributed by atoms with Crippen LogP contribution >= 0.6 is 0 Å². The van der Waals surface area contributed by atoms with Gasteiger partial charge in [0.2, 0.25) is 0 Å². The molecule has 1 aromatic heterocycles. The quantitative estimate of drug-likeness (QED) is 0.621. The van der Waals surface area contributed by atoms with Crippen LogP contribution in [0, 0.1) is 17.5 Å². The number of hydrogen-bond donors (Lipinski definition) is 0. The normalized spacial score (nSPS) is 13.8. The number of halogens is 3. The Morgan fingerprint density at radius 1 is 1.08 bits per heavy atom. The van der Waals surface area contributed by atoms with Gasteiger partial charge in [-0.2, -0.15) is 0 Å². The largest absolute Gasteiger partial charge is 0.465 e. The van der Waals surface area contributed by atoms with Crippen LogP contribution in [0.4, 0.5) is 13.2 Å². The smallest absolute Gasteiger partial charge is 0.337 e. The summed E-state index contributed by atoms with van der Waals surface area (Å²) in [6.45, 7) is 0. The monoisotopic (exact) mass is 357 g/mol. The number of aromatic nitrogens is 1. The zero-order valence-electron chi connectivity index (χ0n) is 13.9. The number of carbonyl (C=O) groups excluding carboxylic acids is 1. The molecule has 2 aromatic carbocycles. The lowest BCUT2D eigenvalue weighted by Crippen LogP contribution is -2.03. The molecule has 26 heavy (non-hydrogen) atoms. The van der Waals surface area contributed by atoms with Gasteiger partial charge in [-0.15, -0.1) is 0 Å². The molecule has 0 aliphatic heterocycles.